The summed E-state index contributed by atoms with van der Waals surface area (Å²) in [6.07, 6.45) is 4.81. The zero-order valence-electron chi connectivity index (χ0n) is 9.96. The lowest BCUT2D eigenvalue weighted by atomic mass is 10.2. The van der Waals surface area contributed by atoms with Crippen LogP contribution in [-0.2, 0) is 19.4 Å². The predicted molar refractivity (Wildman–Crippen MR) is 68.0 cm³/mol. The largest absolute Gasteiger partial charge is 0.330 e. The first-order chi connectivity index (χ1) is 8.31. The van der Waals surface area contributed by atoms with Crippen molar-refractivity contribution in [3.05, 3.63) is 28.0 Å². The Kier molecular flexibility index (Phi) is 4.22. The topological polar surface area (TPSA) is 69.6 Å². The van der Waals surface area contributed by atoms with Gasteiger partial charge in [-0.3, -0.25) is 0 Å². The first kappa shape index (κ1) is 12.2. The summed E-state index contributed by atoms with van der Waals surface area (Å²) in [4.78, 5) is 4.51. The zero-order valence-corrected chi connectivity index (χ0v) is 10.8. The molecule has 2 aromatic rings. The molecule has 6 heteroatoms. The highest BCUT2D eigenvalue weighted by Gasteiger charge is 2.04. The Labute approximate surface area is 105 Å². The van der Waals surface area contributed by atoms with E-state index in [1.165, 1.54) is 5.01 Å². The van der Waals surface area contributed by atoms with Gasteiger partial charge in [-0.05, 0) is 25.8 Å². The van der Waals surface area contributed by atoms with Crippen LogP contribution in [0.5, 0.6) is 0 Å². The minimum absolute atomic E-state index is 0.693. The van der Waals surface area contributed by atoms with Crippen LogP contribution in [0.25, 0.3) is 0 Å². The molecular formula is C11H17N5S. The van der Waals surface area contributed by atoms with E-state index in [1.807, 2.05) is 10.9 Å². The van der Waals surface area contributed by atoms with Crippen molar-refractivity contribution in [2.45, 2.75) is 32.7 Å². The quantitative estimate of drug-likeness (QED) is 0.838. The van der Waals surface area contributed by atoms with E-state index in [4.69, 9.17) is 5.73 Å². The Morgan fingerprint density at radius 1 is 1.41 bits per heavy atom. The second kappa shape index (κ2) is 5.88. The fourth-order valence-corrected chi connectivity index (χ4v) is 2.30. The number of rotatable bonds is 6. The molecule has 0 fully saturated rings. The highest BCUT2D eigenvalue weighted by atomic mass is 32.1. The van der Waals surface area contributed by atoms with Crippen molar-refractivity contribution in [2.24, 2.45) is 5.73 Å². The van der Waals surface area contributed by atoms with Gasteiger partial charge in [0.25, 0.3) is 0 Å². The van der Waals surface area contributed by atoms with Gasteiger partial charge in [0.15, 0.2) is 0 Å². The SMILES string of the molecule is CCc1nc(Cn2cc(CCCN)nn2)cs1. The molecule has 0 amide bonds. The third-order valence-corrected chi connectivity index (χ3v) is 3.49. The number of hydrogen-bond acceptors (Lipinski definition) is 5. The van der Waals surface area contributed by atoms with Gasteiger partial charge in [0, 0.05) is 11.6 Å². The monoisotopic (exact) mass is 251 g/mol. The van der Waals surface area contributed by atoms with E-state index in [1.54, 1.807) is 11.3 Å². The van der Waals surface area contributed by atoms with Gasteiger partial charge in [0.2, 0.25) is 0 Å². The molecule has 2 heterocycles. The Morgan fingerprint density at radius 2 is 2.29 bits per heavy atom. The molecule has 5 nitrogen and oxygen atoms in total. The van der Waals surface area contributed by atoms with Gasteiger partial charge in [-0.2, -0.15) is 0 Å². The highest BCUT2D eigenvalue weighted by molar-refractivity contribution is 7.09. The molecule has 0 unspecified atom stereocenters. The Morgan fingerprint density at radius 3 is 3.00 bits per heavy atom. The molecule has 2 N–H and O–H groups in total. The van der Waals surface area contributed by atoms with Crippen molar-refractivity contribution in [2.75, 3.05) is 6.54 Å². The van der Waals surface area contributed by atoms with Crippen molar-refractivity contribution < 1.29 is 0 Å². The van der Waals surface area contributed by atoms with E-state index >= 15 is 0 Å². The molecule has 0 spiro atoms. The van der Waals surface area contributed by atoms with Crippen LogP contribution in [0.4, 0.5) is 0 Å². The van der Waals surface area contributed by atoms with Crippen LogP contribution in [-0.4, -0.2) is 26.5 Å². The smallest absolute Gasteiger partial charge is 0.0926 e. The van der Waals surface area contributed by atoms with Crippen LogP contribution in [0.3, 0.4) is 0 Å². The van der Waals surface area contributed by atoms with Crippen molar-refractivity contribution in [1.82, 2.24) is 20.0 Å². The summed E-state index contributed by atoms with van der Waals surface area (Å²) in [6, 6.07) is 0. The molecule has 0 aromatic carbocycles. The third-order valence-electron chi connectivity index (χ3n) is 2.45. The lowest BCUT2D eigenvalue weighted by molar-refractivity contribution is 0.639. The average Bonchev–Trinajstić information content (AvgIpc) is 2.96. The van der Waals surface area contributed by atoms with Gasteiger partial charge in [-0.25, -0.2) is 9.67 Å². The number of aromatic nitrogens is 4. The molecule has 0 aliphatic carbocycles. The van der Waals surface area contributed by atoms with Crippen LogP contribution in [0, 0.1) is 0 Å². The maximum absolute atomic E-state index is 5.46. The Hall–Kier alpha value is -1.27. The number of thiazole rings is 1. The van der Waals surface area contributed by atoms with Crippen molar-refractivity contribution in [1.29, 1.82) is 0 Å². The van der Waals surface area contributed by atoms with Crippen LogP contribution >= 0.6 is 11.3 Å². The van der Waals surface area contributed by atoms with E-state index in [0.717, 1.165) is 30.7 Å². The molecule has 0 atom stereocenters. The second-order valence-corrected chi connectivity index (χ2v) is 4.83. The van der Waals surface area contributed by atoms with Gasteiger partial charge >= 0.3 is 0 Å². The van der Waals surface area contributed by atoms with Gasteiger partial charge in [0.1, 0.15) is 0 Å². The fourth-order valence-electron chi connectivity index (χ4n) is 1.56. The molecule has 0 saturated heterocycles. The van der Waals surface area contributed by atoms with Gasteiger partial charge in [0.05, 0.1) is 22.9 Å². The normalized spacial score (nSPS) is 10.9. The van der Waals surface area contributed by atoms with Gasteiger partial charge in [-0.15, -0.1) is 16.4 Å². The lowest BCUT2D eigenvalue weighted by Gasteiger charge is -1.95. The van der Waals surface area contributed by atoms with E-state index in [2.05, 4.69) is 27.6 Å². The molecule has 0 aliphatic heterocycles. The van der Waals surface area contributed by atoms with Crippen LogP contribution in [0.2, 0.25) is 0 Å². The van der Waals surface area contributed by atoms with Crippen LogP contribution < -0.4 is 5.73 Å². The second-order valence-electron chi connectivity index (χ2n) is 3.89. The minimum atomic E-state index is 0.693. The highest BCUT2D eigenvalue weighted by Crippen LogP contribution is 2.11. The predicted octanol–water partition coefficient (Wildman–Crippen LogP) is 1.24. The summed E-state index contributed by atoms with van der Waals surface area (Å²) in [5.41, 5.74) is 7.52. The molecule has 0 bridgehead atoms. The Balaban J connectivity index is 1.96. The van der Waals surface area contributed by atoms with Crippen molar-refractivity contribution >= 4 is 11.3 Å². The summed E-state index contributed by atoms with van der Waals surface area (Å²) in [5, 5.41) is 11.5. The van der Waals surface area contributed by atoms with Gasteiger partial charge in [-0.1, -0.05) is 12.1 Å². The minimum Gasteiger partial charge on any atom is -0.330 e. The summed E-state index contributed by atoms with van der Waals surface area (Å²) in [7, 11) is 0. The molecule has 0 radical (unpaired) electrons. The summed E-state index contributed by atoms with van der Waals surface area (Å²) >= 11 is 1.70. The maximum Gasteiger partial charge on any atom is 0.0926 e. The summed E-state index contributed by atoms with van der Waals surface area (Å²) < 4.78 is 1.83. The van der Waals surface area contributed by atoms with E-state index in [-0.39, 0.29) is 0 Å². The van der Waals surface area contributed by atoms with Crippen LogP contribution in [0.15, 0.2) is 11.6 Å². The standard InChI is InChI=1S/C11H17N5S/c1-2-11-13-10(8-17-11)7-16-6-9(14-15-16)4-3-5-12/h6,8H,2-5,7,12H2,1H3. The first-order valence-corrected chi connectivity index (χ1v) is 6.72. The number of hydrogen-bond donors (Lipinski definition) is 1. The summed E-state index contributed by atoms with van der Waals surface area (Å²) in [5.74, 6) is 0. The molecule has 17 heavy (non-hydrogen) atoms. The lowest BCUT2D eigenvalue weighted by Crippen LogP contribution is -2.01. The third kappa shape index (κ3) is 3.34. The van der Waals surface area contributed by atoms with Crippen molar-refractivity contribution in [3.8, 4) is 0 Å². The summed E-state index contributed by atoms with van der Waals surface area (Å²) in [6.45, 7) is 3.51. The van der Waals surface area contributed by atoms with E-state index < -0.39 is 0 Å². The molecular weight excluding hydrogens is 234 g/mol. The average molecular weight is 251 g/mol. The van der Waals surface area contributed by atoms with E-state index in [0.29, 0.717) is 13.1 Å². The van der Waals surface area contributed by atoms with Gasteiger partial charge < -0.3 is 5.73 Å². The maximum atomic E-state index is 5.46. The number of aryl methyl sites for hydroxylation is 2. The van der Waals surface area contributed by atoms with E-state index in [9.17, 15) is 0 Å². The van der Waals surface area contributed by atoms with Crippen molar-refractivity contribution in [3.63, 3.8) is 0 Å². The fraction of sp³-hybridized carbons (Fsp3) is 0.545. The zero-order chi connectivity index (χ0) is 12.1. The number of nitrogens with two attached hydrogens (primary N) is 1. The molecule has 2 aromatic heterocycles. The number of nitrogens with zero attached hydrogens (tertiary/aromatic N) is 4. The molecule has 0 aliphatic rings. The molecule has 2 rings (SSSR count). The molecule has 0 saturated carbocycles. The molecule has 92 valence electrons. The van der Waals surface area contributed by atoms with Crippen LogP contribution in [0.1, 0.15) is 29.7 Å². The first-order valence-electron chi connectivity index (χ1n) is 5.84. The Bertz CT molecular complexity index is 462.